The highest BCUT2D eigenvalue weighted by atomic mass is 16.2. The Morgan fingerprint density at radius 3 is 2.11 bits per heavy atom. The van der Waals surface area contributed by atoms with E-state index < -0.39 is 0 Å². The van der Waals surface area contributed by atoms with E-state index in [2.05, 4.69) is 70.6 Å². The molecule has 2 N–H and O–H groups in total. The Morgan fingerprint density at radius 1 is 0.705 bits per heavy atom. The quantitative estimate of drug-likeness (QED) is 0.206. The highest BCUT2D eigenvalue weighted by molar-refractivity contribution is 6.10. The first-order chi connectivity index (χ1) is 21.2. The van der Waals surface area contributed by atoms with Gasteiger partial charge >= 0.3 is 6.03 Å². The molecule has 0 fully saturated rings. The summed E-state index contributed by atoms with van der Waals surface area (Å²) in [5, 5.41) is 8.12. The number of pyridine rings is 2. The number of nitrogens with one attached hydrogen (secondary N) is 2. The third-order valence-electron chi connectivity index (χ3n) is 7.66. The molecular formula is C37H34N6O. The van der Waals surface area contributed by atoms with E-state index in [4.69, 9.17) is 4.98 Å². The number of aryl methyl sites for hydroxylation is 1. The van der Waals surface area contributed by atoms with Crippen LogP contribution in [0.5, 0.6) is 0 Å². The number of carbonyl (C=O) groups is 1. The second-order valence-electron chi connectivity index (χ2n) is 11.9. The van der Waals surface area contributed by atoms with Crippen molar-refractivity contribution >= 4 is 28.2 Å². The molecule has 6 rings (SSSR count). The van der Waals surface area contributed by atoms with Gasteiger partial charge in [-0.25, -0.2) is 14.8 Å². The van der Waals surface area contributed by atoms with E-state index in [1.54, 1.807) is 24.8 Å². The zero-order valence-corrected chi connectivity index (χ0v) is 25.3. The van der Waals surface area contributed by atoms with Gasteiger partial charge in [-0.15, -0.1) is 0 Å². The Labute approximate surface area is 257 Å². The lowest BCUT2D eigenvalue weighted by molar-refractivity contribution is 0.262. The second kappa shape index (κ2) is 12.1. The van der Waals surface area contributed by atoms with Crippen LogP contribution in [-0.4, -0.2) is 26.0 Å². The Hall–Kier alpha value is -5.43. The molecule has 0 aliphatic carbocycles. The van der Waals surface area contributed by atoms with Gasteiger partial charge in [-0.2, -0.15) is 0 Å². The Kier molecular flexibility index (Phi) is 7.85. The zero-order valence-electron chi connectivity index (χ0n) is 25.3. The van der Waals surface area contributed by atoms with Crippen LogP contribution in [0, 0.1) is 6.92 Å². The summed E-state index contributed by atoms with van der Waals surface area (Å²) in [6.07, 6.45) is 9.89. The van der Waals surface area contributed by atoms with Gasteiger partial charge in [0, 0.05) is 53.1 Å². The van der Waals surface area contributed by atoms with Crippen LogP contribution in [-0.2, 0) is 11.8 Å². The number of fused-ring (bicyclic) bond motifs is 1. The van der Waals surface area contributed by atoms with Crippen LogP contribution in [0.3, 0.4) is 0 Å². The van der Waals surface area contributed by atoms with Crippen molar-refractivity contribution in [2.75, 3.05) is 10.6 Å². The first-order valence-corrected chi connectivity index (χ1v) is 14.6. The largest absolute Gasteiger partial charge is 0.323 e. The van der Waals surface area contributed by atoms with Gasteiger partial charge in [-0.05, 0) is 71.2 Å². The molecule has 218 valence electrons. The highest BCUT2D eigenvalue weighted by Crippen LogP contribution is 2.35. The minimum atomic E-state index is -0.332. The first kappa shape index (κ1) is 28.7. The minimum Gasteiger partial charge on any atom is -0.307 e. The normalized spacial score (nSPS) is 11.4. The van der Waals surface area contributed by atoms with Gasteiger partial charge in [0.1, 0.15) is 5.82 Å². The number of carbonyl (C=O) groups excluding carboxylic acids is 1. The average molecular weight is 579 g/mol. The lowest BCUT2D eigenvalue weighted by atomic mass is 9.85. The van der Waals surface area contributed by atoms with E-state index >= 15 is 0 Å². The van der Waals surface area contributed by atoms with E-state index in [1.807, 2.05) is 67.7 Å². The number of hydrogen-bond acceptors (Lipinski definition) is 5. The van der Waals surface area contributed by atoms with Crippen molar-refractivity contribution in [2.24, 2.45) is 0 Å². The summed E-state index contributed by atoms with van der Waals surface area (Å²) < 4.78 is 0. The molecule has 44 heavy (non-hydrogen) atoms. The number of anilines is 2. The maximum Gasteiger partial charge on any atom is 0.323 e. The molecule has 7 nitrogen and oxygen atoms in total. The van der Waals surface area contributed by atoms with Crippen LogP contribution in [0.4, 0.5) is 16.2 Å². The topological polar surface area (TPSA) is 92.7 Å². The van der Waals surface area contributed by atoms with E-state index in [0.717, 1.165) is 50.7 Å². The number of amides is 2. The lowest BCUT2D eigenvalue weighted by Gasteiger charge is -2.22. The van der Waals surface area contributed by atoms with Gasteiger partial charge in [0.2, 0.25) is 0 Å². The van der Waals surface area contributed by atoms with Gasteiger partial charge in [0.15, 0.2) is 0 Å². The Bertz CT molecular complexity index is 1930. The predicted octanol–water partition coefficient (Wildman–Crippen LogP) is 8.59. The fourth-order valence-electron chi connectivity index (χ4n) is 5.23. The molecule has 0 saturated carbocycles. The summed E-state index contributed by atoms with van der Waals surface area (Å²) in [6.45, 7) is 8.30. The molecule has 0 aliphatic rings. The predicted molar refractivity (Wildman–Crippen MR) is 178 cm³/mol. The molecule has 0 aliphatic heterocycles. The fraction of sp³-hybridized carbons (Fsp3) is 0.162. The standard InChI is InChI=1S/C37H34N6O/c1-24-39-22-27(23-40-24)29-11-10-28(37(2,3)4)20-35(29)43-36(44)42-34-14-12-32(30-7-5-6-8-31(30)34)33-13-9-26(21-41-33)19-25-15-17-38-18-16-25/h5-18,20-23H,19H2,1-4H3,(H2,42,43,44). The molecule has 0 radical (unpaired) electrons. The van der Waals surface area contributed by atoms with Crippen LogP contribution in [0.2, 0.25) is 0 Å². The van der Waals surface area contributed by atoms with Gasteiger partial charge in [-0.1, -0.05) is 69.3 Å². The number of urea groups is 1. The molecule has 0 bridgehead atoms. The van der Waals surface area contributed by atoms with Crippen molar-refractivity contribution in [1.29, 1.82) is 0 Å². The van der Waals surface area contributed by atoms with Crippen molar-refractivity contribution in [3.63, 3.8) is 0 Å². The molecule has 0 saturated heterocycles. The summed E-state index contributed by atoms with van der Waals surface area (Å²) >= 11 is 0. The van der Waals surface area contributed by atoms with Gasteiger partial charge in [0.25, 0.3) is 0 Å². The molecule has 0 spiro atoms. The fourth-order valence-corrected chi connectivity index (χ4v) is 5.23. The molecule has 7 heteroatoms. The van der Waals surface area contributed by atoms with E-state index in [1.165, 1.54) is 5.56 Å². The average Bonchev–Trinajstić information content (AvgIpc) is 3.02. The number of aromatic nitrogens is 4. The summed E-state index contributed by atoms with van der Waals surface area (Å²) in [5.74, 6) is 0.693. The minimum absolute atomic E-state index is 0.0908. The molecule has 3 aromatic carbocycles. The summed E-state index contributed by atoms with van der Waals surface area (Å²) in [6, 6.07) is 26.0. The van der Waals surface area contributed by atoms with E-state index in [0.29, 0.717) is 17.2 Å². The van der Waals surface area contributed by atoms with Crippen LogP contribution >= 0.6 is 0 Å². The zero-order chi connectivity index (χ0) is 30.7. The highest BCUT2D eigenvalue weighted by Gasteiger charge is 2.18. The molecule has 2 amide bonds. The molecule has 3 aromatic heterocycles. The molecular weight excluding hydrogens is 544 g/mol. The smallest absolute Gasteiger partial charge is 0.307 e. The summed E-state index contributed by atoms with van der Waals surface area (Å²) in [4.78, 5) is 31.1. The van der Waals surface area contributed by atoms with Crippen molar-refractivity contribution in [3.8, 4) is 22.4 Å². The molecule has 6 aromatic rings. The van der Waals surface area contributed by atoms with E-state index in [9.17, 15) is 4.79 Å². The molecule has 3 heterocycles. The second-order valence-corrected chi connectivity index (χ2v) is 11.9. The maximum absolute atomic E-state index is 13.5. The summed E-state index contributed by atoms with van der Waals surface area (Å²) in [7, 11) is 0. The molecule has 0 unspecified atom stereocenters. The van der Waals surface area contributed by atoms with Crippen molar-refractivity contribution < 1.29 is 4.79 Å². The van der Waals surface area contributed by atoms with Gasteiger partial charge < -0.3 is 10.6 Å². The summed E-state index contributed by atoms with van der Waals surface area (Å²) in [5.41, 5.74) is 8.31. The lowest BCUT2D eigenvalue weighted by Crippen LogP contribution is -2.21. The molecule has 0 atom stereocenters. The number of rotatable bonds is 6. The van der Waals surface area contributed by atoms with Crippen LogP contribution in [0.25, 0.3) is 33.2 Å². The van der Waals surface area contributed by atoms with Crippen molar-refractivity contribution in [3.05, 3.63) is 132 Å². The van der Waals surface area contributed by atoms with Crippen LogP contribution in [0.1, 0.15) is 43.3 Å². The van der Waals surface area contributed by atoms with Crippen molar-refractivity contribution in [1.82, 2.24) is 19.9 Å². The third kappa shape index (κ3) is 6.32. The number of nitrogens with zero attached hydrogens (tertiary/aromatic N) is 4. The van der Waals surface area contributed by atoms with Crippen molar-refractivity contribution in [2.45, 2.75) is 39.5 Å². The Morgan fingerprint density at radius 2 is 1.41 bits per heavy atom. The van der Waals surface area contributed by atoms with Crippen LogP contribution in [0.15, 0.2) is 110 Å². The SMILES string of the molecule is Cc1ncc(-c2ccc(C(C)(C)C)cc2NC(=O)Nc2ccc(-c3ccc(Cc4ccncc4)cn3)c3ccccc23)cn1. The monoisotopic (exact) mass is 578 g/mol. The van der Waals surface area contributed by atoms with E-state index in [-0.39, 0.29) is 11.4 Å². The maximum atomic E-state index is 13.5. The number of hydrogen-bond donors (Lipinski definition) is 2. The van der Waals surface area contributed by atoms with Gasteiger partial charge in [-0.3, -0.25) is 9.97 Å². The third-order valence-corrected chi connectivity index (χ3v) is 7.66. The van der Waals surface area contributed by atoms with Crippen LogP contribution < -0.4 is 10.6 Å². The first-order valence-electron chi connectivity index (χ1n) is 14.6. The number of benzene rings is 3. The Balaban J connectivity index is 1.27. The van der Waals surface area contributed by atoms with Gasteiger partial charge in [0.05, 0.1) is 17.1 Å².